The second kappa shape index (κ2) is 2.25. The molecule has 0 spiro atoms. The van der Waals surface area contributed by atoms with Crippen LogP contribution < -0.4 is 0 Å². The predicted molar refractivity (Wildman–Crippen MR) is 38.3 cm³/mol. The first-order chi connectivity index (χ1) is 4.55. The number of nitriles is 1. The topological polar surface area (TPSA) is 36.3 Å². The van der Waals surface area contributed by atoms with Crippen molar-refractivity contribution < 1.29 is 4.74 Å². The molecule has 0 aliphatic carbocycles. The summed E-state index contributed by atoms with van der Waals surface area (Å²) < 4.78 is 5.20. The van der Waals surface area contributed by atoms with Crippen molar-refractivity contribution in [1.82, 2.24) is 0 Å². The summed E-state index contributed by atoms with van der Waals surface area (Å²) in [5, 5.41) is 8.65. The normalized spacial score (nSPS) is 31.4. The van der Waals surface area contributed by atoms with Crippen LogP contribution in [-0.2, 0) is 4.74 Å². The third kappa shape index (κ3) is 1.71. The SMILES string of the molecule is C[C@H]1O[C@@H]1CC(C)(C)C#N. The third-order valence-corrected chi connectivity index (χ3v) is 1.85. The number of hydrogen-bond donors (Lipinski definition) is 0. The average Bonchev–Trinajstić information content (AvgIpc) is 2.46. The Balaban J connectivity index is 2.33. The van der Waals surface area contributed by atoms with Gasteiger partial charge in [0, 0.05) is 0 Å². The van der Waals surface area contributed by atoms with Gasteiger partial charge in [0.2, 0.25) is 0 Å². The van der Waals surface area contributed by atoms with Gasteiger partial charge in [-0.3, -0.25) is 0 Å². The largest absolute Gasteiger partial charge is 0.370 e. The van der Waals surface area contributed by atoms with E-state index in [9.17, 15) is 0 Å². The van der Waals surface area contributed by atoms with Crippen LogP contribution in [0.2, 0.25) is 0 Å². The smallest absolute Gasteiger partial charge is 0.0854 e. The summed E-state index contributed by atoms with van der Waals surface area (Å²) >= 11 is 0. The first kappa shape index (κ1) is 7.56. The fraction of sp³-hybridized carbons (Fsp3) is 0.875. The van der Waals surface area contributed by atoms with Gasteiger partial charge in [0.25, 0.3) is 0 Å². The van der Waals surface area contributed by atoms with E-state index in [1.54, 1.807) is 0 Å². The minimum Gasteiger partial charge on any atom is -0.370 e. The Morgan fingerprint density at radius 2 is 2.10 bits per heavy atom. The van der Waals surface area contributed by atoms with E-state index in [1.807, 2.05) is 20.8 Å². The van der Waals surface area contributed by atoms with Gasteiger partial charge < -0.3 is 4.74 Å². The van der Waals surface area contributed by atoms with Crippen LogP contribution in [-0.4, -0.2) is 12.2 Å². The lowest BCUT2D eigenvalue weighted by Crippen LogP contribution is -2.11. The number of rotatable bonds is 2. The maximum absolute atomic E-state index is 8.65. The fourth-order valence-corrected chi connectivity index (χ4v) is 0.993. The number of hydrogen-bond acceptors (Lipinski definition) is 2. The molecule has 10 heavy (non-hydrogen) atoms. The van der Waals surface area contributed by atoms with Crippen LogP contribution in [0.3, 0.4) is 0 Å². The summed E-state index contributed by atoms with van der Waals surface area (Å²) in [6.45, 7) is 5.93. The third-order valence-electron chi connectivity index (χ3n) is 1.85. The molecule has 0 radical (unpaired) electrons. The molecule has 0 amide bonds. The second-order valence-electron chi connectivity index (χ2n) is 3.58. The Morgan fingerprint density at radius 3 is 2.40 bits per heavy atom. The van der Waals surface area contributed by atoms with E-state index in [0.29, 0.717) is 12.2 Å². The van der Waals surface area contributed by atoms with Gasteiger partial charge >= 0.3 is 0 Å². The molecule has 0 aromatic rings. The highest BCUT2D eigenvalue weighted by Gasteiger charge is 2.38. The molecule has 1 rings (SSSR count). The first-order valence-corrected chi connectivity index (χ1v) is 3.62. The monoisotopic (exact) mass is 139 g/mol. The predicted octanol–water partition coefficient (Wildman–Crippen LogP) is 1.71. The number of epoxide rings is 1. The van der Waals surface area contributed by atoms with E-state index in [-0.39, 0.29) is 5.41 Å². The van der Waals surface area contributed by atoms with Gasteiger partial charge in [-0.15, -0.1) is 0 Å². The van der Waals surface area contributed by atoms with Crippen LogP contribution in [0.15, 0.2) is 0 Å². The summed E-state index contributed by atoms with van der Waals surface area (Å²) in [7, 11) is 0. The van der Waals surface area contributed by atoms with Crippen molar-refractivity contribution in [2.24, 2.45) is 5.41 Å². The summed E-state index contributed by atoms with van der Waals surface area (Å²) in [6.07, 6.45) is 1.59. The molecule has 1 aliphatic rings. The van der Waals surface area contributed by atoms with E-state index < -0.39 is 0 Å². The zero-order chi connectivity index (χ0) is 7.78. The number of nitrogens with zero attached hydrogens (tertiary/aromatic N) is 1. The Labute approximate surface area is 61.8 Å². The molecule has 0 aromatic heterocycles. The molecule has 1 saturated heterocycles. The highest BCUT2D eigenvalue weighted by molar-refractivity contribution is 4.97. The molecule has 0 unspecified atom stereocenters. The maximum atomic E-state index is 8.65. The summed E-state index contributed by atoms with van der Waals surface area (Å²) in [5.41, 5.74) is -0.213. The van der Waals surface area contributed by atoms with Crippen molar-refractivity contribution >= 4 is 0 Å². The lowest BCUT2D eigenvalue weighted by molar-refractivity contribution is 0.324. The Kier molecular flexibility index (Phi) is 1.70. The number of ether oxygens (including phenoxy) is 1. The van der Waals surface area contributed by atoms with Crippen molar-refractivity contribution in [2.75, 3.05) is 0 Å². The van der Waals surface area contributed by atoms with Gasteiger partial charge in [-0.25, -0.2) is 0 Å². The molecular formula is C8H13NO. The lowest BCUT2D eigenvalue weighted by atomic mass is 9.89. The molecule has 1 fully saturated rings. The minimum atomic E-state index is -0.213. The maximum Gasteiger partial charge on any atom is 0.0854 e. The van der Waals surface area contributed by atoms with Crippen LogP contribution in [0, 0.1) is 16.7 Å². The van der Waals surface area contributed by atoms with Crippen LogP contribution in [0.5, 0.6) is 0 Å². The standard InChI is InChI=1S/C8H13NO/c1-6-7(10-6)4-8(2,3)5-9/h6-7H,4H2,1-3H3/t6-,7-/m1/s1. The molecule has 2 atom stereocenters. The van der Waals surface area contributed by atoms with Crippen molar-refractivity contribution in [1.29, 1.82) is 5.26 Å². The molecule has 0 saturated carbocycles. The molecule has 0 N–H and O–H groups in total. The van der Waals surface area contributed by atoms with E-state index in [1.165, 1.54) is 0 Å². The molecule has 2 nitrogen and oxygen atoms in total. The Bertz CT molecular complexity index is 169. The molecule has 0 aromatic carbocycles. The van der Waals surface area contributed by atoms with E-state index >= 15 is 0 Å². The molecule has 56 valence electrons. The average molecular weight is 139 g/mol. The zero-order valence-electron chi connectivity index (χ0n) is 6.72. The zero-order valence-corrected chi connectivity index (χ0v) is 6.72. The summed E-state index contributed by atoms with van der Waals surface area (Å²) in [4.78, 5) is 0. The summed E-state index contributed by atoms with van der Waals surface area (Å²) in [6, 6.07) is 2.25. The van der Waals surface area contributed by atoms with Crippen molar-refractivity contribution in [2.45, 2.75) is 39.4 Å². The van der Waals surface area contributed by atoms with Crippen LogP contribution >= 0.6 is 0 Å². The highest BCUT2D eigenvalue weighted by atomic mass is 16.6. The Hall–Kier alpha value is -0.550. The van der Waals surface area contributed by atoms with E-state index in [4.69, 9.17) is 10.00 Å². The van der Waals surface area contributed by atoms with Gasteiger partial charge in [0.1, 0.15) is 0 Å². The van der Waals surface area contributed by atoms with Crippen molar-refractivity contribution in [3.8, 4) is 6.07 Å². The van der Waals surface area contributed by atoms with Crippen molar-refractivity contribution in [3.63, 3.8) is 0 Å². The van der Waals surface area contributed by atoms with Gasteiger partial charge in [0.05, 0.1) is 23.7 Å². The molecule has 1 heterocycles. The van der Waals surface area contributed by atoms with E-state index in [2.05, 4.69) is 6.07 Å². The lowest BCUT2D eigenvalue weighted by Gasteiger charge is -2.11. The van der Waals surface area contributed by atoms with Gasteiger partial charge in [0.15, 0.2) is 0 Å². The van der Waals surface area contributed by atoms with Crippen molar-refractivity contribution in [3.05, 3.63) is 0 Å². The van der Waals surface area contributed by atoms with Gasteiger partial charge in [-0.1, -0.05) is 0 Å². The summed E-state index contributed by atoms with van der Waals surface area (Å²) in [5.74, 6) is 0. The second-order valence-corrected chi connectivity index (χ2v) is 3.58. The highest BCUT2D eigenvalue weighted by Crippen LogP contribution is 2.33. The fourth-order valence-electron chi connectivity index (χ4n) is 0.993. The Morgan fingerprint density at radius 1 is 1.60 bits per heavy atom. The first-order valence-electron chi connectivity index (χ1n) is 3.62. The molecule has 1 aliphatic heterocycles. The molecule has 2 heteroatoms. The molecular weight excluding hydrogens is 126 g/mol. The van der Waals surface area contributed by atoms with Gasteiger partial charge in [-0.2, -0.15) is 5.26 Å². The van der Waals surface area contributed by atoms with Gasteiger partial charge in [-0.05, 0) is 27.2 Å². The van der Waals surface area contributed by atoms with E-state index in [0.717, 1.165) is 6.42 Å². The van der Waals surface area contributed by atoms with Crippen LogP contribution in [0.1, 0.15) is 27.2 Å². The van der Waals surface area contributed by atoms with Crippen LogP contribution in [0.25, 0.3) is 0 Å². The van der Waals surface area contributed by atoms with Crippen LogP contribution in [0.4, 0.5) is 0 Å². The molecule has 0 bridgehead atoms. The quantitative estimate of drug-likeness (QED) is 0.546. The minimum absolute atomic E-state index is 0.213.